The van der Waals surface area contributed by atoms with Crippen LogP contribution in [0.5, 0.6) is 0 Å². The van der Waals surface area contributed by atoms with Gasteiger partial charge in [-0.2, -0.15) is 0 Å². The predicted molar refractivity (Wildman–Crippen MR) is 75.7 cm³/mol. The van der Waals surface area contributed by atoms with Gasteiger partial charge in [0.2, 0.25) is 0 Å². The molecule has 0 spiro atoms. The van der Waals surface area contributed by atoms with Crippen LogP contribution in [0.25, 0.3) is 0 Å². The molecule has 0 aliphatic carbocycles. The van der Waals surface area contributed by atoms with E-state index >= 15 is 0 Å². The van der Waals surface area contributed by atoms with Crippen molar-refractivity contribution in [3.05, 3.63) is 43.5 Å². The van der Waals surface area contributed by atoms with E-state index in [2.05, 4.69) is 53.9 Å². The van der Waals surface area contributed by atoms with Gasteiger partial charge in [0, 0.05) is 15.8 Å². The molecular formula is C12H14INOS. The van der Waals surface area contributed by atoms with E-state index in [1.807, 2.05) is 23.5 Å². The molecule has 0 fully saturated rings. The molecule has 1 atom stereocenters. The van der Waals surface area contributed by atoms with Crippen molar-refractivity contribution in [3.63, 3.8) is 0 Å². The summed E-state index contributed by atoms with van der Waals surface area (Å²) in [6, 6.07) is 8.72. The Bertz CT molecular complexity index is 463. The van der Waals surface area contributed by atoms with Crippen molar-refractivity contribution < 1.29 is 4.42 Å². The summed E-state index contributed by atoms with van der Waals surface area (Å²) in [5.41, 5.74) is 0. The van der Waals surface area contributed by atoms with Crippen molar-refractivity contribution in [1.82, 2.24) is 5.32 Å². The highest BCUT2D eigenvalue weighted by molar-refractivity contribution is 14.1. The molecule has 0 amide bonds. The van der Waals surface area contributed by atoms with Crippen molar-refractivity contribution in [2.24, 2.45) is 0 Å². The van der Waals surface area contributed by atoms with Gasteiger partial charge in [0.1, 0.15) is 5.76 Å². The zero-order chi connectivity index (χ0) is 11.5. The number of furan rings is 1. The van der Waals surface area contributed by atoms with Gasteiger partial charge in [-0.05, 0) is 60.7 Å². The van der Waals surface area contributed by atoms with Crippen molar-refractivity contribution in [1.29, 1.82) is 0 Å². The molecule has 2 rings (SSSR count). The Morgan fingerprint density at radius 2 is 2.19 bits per heavy atom. The molecule has 2 aromatic heterocycles. The lowest BCUT2D eigenvalue weighted by molar-refractivity contribution is 0.446. The van der Waals surface area contributed by atoms with Gasteiger partial charge in [-0.25, -0.2) is 0 Å². The number of rotatable bonds is 4. The fourth-order valence-corrected chi connectivity index (χ4v) is 2.85. The zero-order valence-electron chi connectivity index (χ0n) is 9.29. The van der Waals surface area contributed by atoms with E-state index in [9.17, 15) is 0 Å². The van der Waals surface area contributed by atoms with Crippen LogP contribution in [0.4, 0.5) is 0 Å². The Morgan fingerprint density at radius 3 is 2.75 bits per heavy atom. The number of thiophene rings is 1. The first kappa shape index (κ1) is 12.1. The van der Waals surface area contributed by atoms with E-state index in [1.54, 1.807) is 0 Å². The van der Waals surface area contributed by atoms with Crippen LogP contribution < -0.4 is 5.32 Å². The average molecular weight is 347 g/mol. The molecule has 86 valence electrons. The van der Waals surface area contributed by atoms with Gasteiger partial charge >= 0.3 is 0 Å². The Morgan fingerprint density at radius 1 is 1.38 bits per heavy atom. The topological polar surface area (TPSA) is 25.2 Å². The minimum atomic E-state index is 0.376. The number of aryl methyl sites for hydroxylation is 1. The Kier molecular flexibility index (Phi) is 4.05. The largest absolute Gasteiger partial charge is 0.454 e. The van der Waals surface area contributed by atoms with Crippen molar-refractivity contribution in [3.8, 4) is 0 Å². The van der Waals surface area contributed by atoms with Gasteiger partial charge in [-0.15, -0.1) is 11.3 Å². The summed E-state index contributed by atoms with van der Waals surface area (Å²) in [4.78, 5) is 2.73. The Hall–Kier alpha value is -0.330. The van der Waals surface area contributed by atoms with E-state index in [1.165, 1.54) is 9.75 Å². The van der Waals surface area contributed by atoms with Crippen LogP contribution in [0.2, 0.25) is 0 Å². The first-order valence-corrected chi connectivity index (χ1v) is 7.08. The highest BCUT2D eigenvalue weighted by atomic mass is 127. The second-order valence-corrected chi connectivity index (χ2v) is 6.14. The molecule has 0 bridgehead atoms. The van der Waals surface area contributed by atoms with Gasteiger partial charge in [0.25, 0.3) is 0 Å². The normalized spacial score (nSPS) is 12.9. The molecule has 0 aliphatic heterocycles. The van der Waals surface area contributed by atoms with Crippen LogP contribution in [0.1, 0.15) is 28.5 Å². The third kappa shape index (κ3) is 3.09. The summed E-state index contributed by atoms with van der Waals surface area (Å²) in [6.07, 6.45) is 0. The summed E-state index contributed by atoms with van der Waals surface area (Å²) >= 11 is 4.02. The maximum absolute atomic E-state index is 5.50. The fraction of sp³-hybridized carbons (Fsp3) is 0.333. The number of hydrogen-bond donors (Lipinski definition) is 1. The predicted octanol–water partition coefficient (Wildman–Crippen LogP) is 4.10. The number of halogens is 1. The molecule has 16 heavy (non-hydrogen) atoms. The zero-order valence-corrected chi connectivity index (χ0v) is 12.3. The minimum Gasteiger partial charge on any atom is -0.454 e. The SMILES string of the molecule is Cc1ccc(C(C)NCc2ccc(I)o2)s1. The lowest BCUT2D eigenvalue weighted by Crippen LogP contribution is -2.16. The molecule has 0 aliphatic rings. The van der Waals surface area contributed by atoms with Gasteiger partial charge in [-0.1, -0.05) is 0 Å². The molecule has 2 aromatic rings. The molecule has 1 N–H and O–H groups in total. The Balaban J connectivity index is 1.91. The monoisotopic (exact) mass is 347 g/mol. The summed E-state index contributed by atoms with van der Waals surface area (Å²) in [5.74, 6) is 0.990. The second-order valence-electron chi connectivity index (χ2n) is 3.76. The van der Waals surface area contributed by atoms with Gasteiger partial charge < -0.3 is 9.73 Å². The summed E-state index contributed by atoms with van der Waals surface area (Å²) in [7, 11) is 0. The van der Waals surface area contributed by atoms with Crippen LogP contribution in [0.15, 0.2) is 28.7 Å². The third-order valence-electron chi connectivity index (χ3n) is 2.40. The van der Waals surface area contributed by atoms with E-state index in [-0.39, 0.29) is 0 Å². The number of hydrogen-bond acceptors (Lipinski definition) is 3. The highest BCUT2D eigenvalue weighted by Gasteiger charge is 2.08. The molecular weight excluding hydrogens is 333 g/mol. The number of nitrogens with one attached hydrogen (secondary N) is 1. The average Bonchev–Trinajstić information content (AvgIpc) is 2.84. The molecule has 2 nitrogen and oxygen atoms in total. The second kappa shape index (κ2) is 5.33. The molecule has 0 saturated carbocycles. The first-order chi connectivity index (χ1) is 7.65. The maximum Gasteiger partial charge on any atom is 0.164 e. The van der Waals surface area contributed by atoms with E-state index in [0.717, 1.165) is 16.1 Å². The molecule has 0 aromatic carbocycles. The molecule has 1 unspecified atom stereocenters. The first-order valence-electron chi connectivity index (χ1n) is 5.19. The lowest BCUT2D eigenvalue weighted by atomic mass is 10.2. The molecule has 0 radical (unpaired) electrons. The van der Waals surface area contributed by atoms with Crippen LogP contribution in [0.3, 0.4) is 0 Å². The van der Waals surface area contributed by atoms with Crippen molar-refractivity contribution in [2.75, 3.05) is 0 Å². The van der Waals surface area contributed by atoms with Crippen LogP contribution >= 0.6 is 33.9 Å². The maximum atomic E-state index is 5.50. The molecule has 4 heteroatoms. The minimum absolute atomic E-state index is 0.376. The lowest BCUT2D eigenvalue weighted by Gasteiger charge is -2.10. The molecule has 2 heterocycles. The third-order valence-corrected chi connectivity index (χ3v) is 4.16. The molecule has 0 saturated heterocycles. The van der Waals surface area contributed by atoms with Crippen LogP contribution in [-0.2, 0) is 6.54 Å². The van der Waals surface area contributed by atoms with Gasteiger partial charge in [0.15, 0.2) is 3.77 Å². The summed E-state index contributed by atoms with van der Waals surface area (Å²) in [6.45, 7) is 5.09. The standard InChI is InChI=1S/C12H14INOS/c1-8-3-5-11(16-8)9(2)14-7-10-4-6-12(13)15-10/h3-6,9,14H,7H2,1-2H3. The van der Waals surface area contributed by atoms with E-state index in [0.29, 0.717) is 6.04 Å². The van der Waals surface area contributed by atoms with Crippen LogP contribution in [0, 0.1) is 10.7 Å². The fourth-order valence-electron chi connectivity index (χ4n) is 1.49. The van der Waals surface area contributed by atoms with Crippen LogP contribution in [-0.4, -0.2) is 0 Å². The summed E-state index contributed by atoms with van der Waals surface area (Å²) in [5, 5.41) is 3.46. The van der Waals surface area contributed by atoms with E-state index in [4.69, 9.17) is 4.42 Å². The Labute approximate surface area is 113 Å². The van der Waals surface area contributed by atoms with Crippen molar-refractivity contribution >= 4 is 33.9 Å². The highest BCUT2D eigenvalue weighted by Crippen LogP contribution is 2.22. The smallest absolute Gasteiger partial charge is 0.164 e. The summed E-state index contributed by atoms with van der Waals surface area (Å²) < 4.78 is 6.44. The van der Waals surface area contributed by atoms with Crippen molar-refractivity contribution in [2.45, 2.75) is 26.4 Å². The van der Waals surface area contributed by atoms with Gasteiger partial charge in [-0.3, -0.25) is 0 Å². The van der Waals surface area contributed by atoms with Gasteiger partial charge in [0.05, 0.1) is 6.54 Å². The van der Waals surface area contributed by atoms with E-state index < -0.39 is 0 Å². The quantitative estimate of drug-likeness (QED) is 0.843.